The Balaban J connectivity index is 1.20. The summed E-state index contributed by atoms with van der Waals surface area (Å²) in [5, 5.41) is 0. The Morgan fingerprint density at radius 1 is 0.533 bits per heavy atom. The first-order valence-electron chi connectivity index (χ1n) is 14.4. The Hall–Kier alpha value is -0.260. The van der Waals surface area contributed by atoms with Gasteiger partial charge in [-0.3, -0.25) is 0 Å². The third-order valence-electron chi connectivity index (χ3n) is 9.50. The van der Waals surface area contributed by atoms with Crippen LogP contribution >= 0.6 is 0 Å². The molecule has 3 rings (SSSR count). The molecule has 3 saturated carbocycles. The molecular formula is C30H54. The second kappa shape index (κ2) is 14.0. The predicted octanol–water partition coefficient (Wildman–Crippen LogP) is 10.1. The maximum atomic E-state index is 2.45. The van der Waals surface area contributed by atoms with E-state index in [0.717, 1.165) is 35.5 Å². The second-order valence-electron chi connectivity index (χ2n) is 11.6. The molecule has 0 unspecified atom stereocenters. The molecule has 0 aromatic heterocycles. The highest BCUT2D eigenvalue weighted by molar-refractivity contribution is 4.89. The smallest absolute Gasteiger partial charge is 0.0233 e. The monoisotopic (exact) mass is 414 g/mol. The van der Waals surface area contributed by atoms with E-state index >= 15 is 0 Å². The summed E-state index contributed by atoms with van der Waals surface area (Å²) in [5.74, 6) is 6.33. The first-order valence-corrected chi connectivity index (χ1v) is 14.4. The van der Waals surface area contributed by atoms with E-state index in [2.05, 4.69) is 26.0 Å². The maximum absolute atomic E-state index is 2.45. The van der Waals surface area contributed by atoms with Gasteiger partial charge in [-0.25, -0.2) is 0 Å². The average Bonchev–Trinajstić information content (AvgIpc) is 2.79. The molecule has 174 valence electrons. The summed E-state index contributed by atoms with van der Waals surface area (Å²) in [7, 11) is 0. The molecule has 3 aliphatic carbocycles. The number of allylic oxidation sites excluding steroid dienone is 2. The lowest BCUT2D eigenvalue weighted by Gasteiger charge is -2.38. The van der Waals surface area contributed by atoms with Gasteiger partial charge >= 0.3 is 0 Å². The van der Waals surface area contributed by atoms with Crippen molar-refractivity contribution in [2.24, 2.45) is 35.5 Å². The zero-order chi connectivity index (χ0) is 21.0. The van der Waals surface area contributed by atoms with E-state index in [1.54, 1.807) is 57.8 Å². The predicted molar refractivity (Wildman–Crippen MR) is 134 cm³/mol. The third-order valence-corrected chi connectivity index (χ3v) is 9.50. The van der Waals surface area contributed by atoms with Gasteiger partial charge < -0.3 is 0 Å². The molecular weight excluding hydrogens is 360 g/mol. The van der Waals surface area contributed by atoms with Crippen molar-refractivity contribution in [1.82, 2.24) is 0 Å². The van der Waals surface area contributed by atoms with Crippen molar-refractivity contribution in [2.45, 2.75) is 142 Å². The van der Waals surface area contributed by atoms with Crippen molar-refractivity contribution < 1.29 is 0 Å². The number of unbranched alkanes of at least 4 members (excludes halogenated alkanes) is 3. The minimum atomic E-state index is 0.901. The van der Waals surface area contributed by atoms with Crippen LogP contribution in [0.5, 0.6) is 0 Å². The van der Waals surface area contributed by atoms with Gasteiger partial charge in [0.25, 0.3) is 0 Å². The SMILES string of the molecule is CC=C[C@H]1CC[C@H](CCCC[C@H]2CC[C@H]([C@H]3CC[C@H](CCCCC)CC3)CC2)CC1. The molecule has 0 aromatic rings. The van der Waals surface area contributed by atoms with E-state index in [9.17, 15) is 0 Å². The summed E-state index contributed by atoms with van der Waals surface area (Å²) in [6, 6.07) is 0. The topological polar surface area (TPSA) is 0 Å². The molecule has 0 spiro atoms. The highest BCUT2D eigenvalue weighted by Crippen LogP contribution is 2.43. The van der Waals surface area contributed by atoms with E-state index in [-0.39, 0.29) is 0 Å². The van der Waals surface area contributed by atoms with Gasteiger partial charge in [-0.2, -0.15) is 0 Å². The van der Waals surface area contributed by atoms with Crippen LogP contribution in [-0.4, -0.2) is 0 Å². The molecule has 3 aliphatic rings. The number of rotatable bonds is 11. The molecule has 30 heavy (non-hydrogen) atoms. The Kier molecular flexibility index (Phi) is 11.4. The molecule has 0 saturated heterocycles. The third kappa shape index (κ3) is 8.35. The second-order valence-corrected chi connectivity index (χ2v) is 11.6. The van der Waals surface area contributed by atoms with Crippen LogP contribution < -0.4 is 0 Å². The summed E-state index contributed by atoms with van der Waals surface area (Å²) in [5.41, 5.74) is 0. The van der Waals surface area contributed by atoms with Gasteiger partial charge in [0.15, 0.2) is 0 Å². The van der Waals surface area contributed by atoms with E-state index in [0.29, 0.717) is 0 Å². The Morgan fingerprint density at radius 3 is 1.33 bits per heavy atom. The molecule has 3 fully saturated rings. The van der Waals surface area contributed by atoms with Crippen molar-refractivity contribution in [3.8, 4) is 0 Å². The van der Waals surface area contributed by atoms with Crippen molar-refractivity contribution in [2.75, 3.05) is 0 Å². The van der Waals surface area contributed by atoms with Crippen LogP contribution in [0.2, 0.25) is 0 Å². The van der Waals surface area contributed by atoms with Crippen molar-refractivity contribution in [3.63, 3.8) is 0 Å². The molecule has 0 aromatic carbocycles. The average molecular weight is 415 g/mol. The number of hydrogen-bond acceptors (Lipinski definition) is 0. The molecule has 0 nitrogen and oxygen atoms in total. The largest absolute Gasteiger partial charge is 0.0914 e. The molecule has 0 atom stereocenters. The van der Waals surface area contributed by atoms with Crippen LogP contribution in [0.25, 0.3) is 0 Å². The minimum absolute atomic E-state index is 0.901. The van der Waals surface area contributed by atoms with E-state index < -0.39 is 0 Å². The lowest BCUT2D eigenvalue weighted by Crippen LogP contribution is -2.26. The van der Waals surface area contributed by atoms with Crippen molar-refractivity contribution in [1.29, 1.82) is 0 Å². The molecule has 0 bridgehead atoms. The zero-order valence-corrected chi connectivity index (χ0v) is 20.8. The van der Waals surface area contributed by atoms with Gasteiger partial charge in [-0.05, 0) is 93.8 Å². The molecule has 0 heterocycles. The van der Waals surface area contributed by atoms with Crippen LogP contribution in [0, 0.1) is 35.5 Å². The van der Waals surface area contributed by atoms with Crippen LogP contribution in [-0.2, 0) is 0 Å². The fourth-order valence-corrected chi connectivity index (χ4v) is 7.39. The zero-order valence-electron chi connectivity index (χ0n) is 20.8. The molecule has 0 heteroatoms. The van der Waals surface area contributed by atoms with Crippen LogP contribution in [0.4, 0.5) is 0 Å². The summed E-state index contributed by atoms with van der Waals surface area (Å²) >= 11 is 0. The fraction of sp³-hybridized carbons (Fsp3) is 0.933. The van der Waals surface area contributed by atoms with Crippen molar-refractivity contribution in [3.05, 3.63) is 12.2 Å². The van der Waals surface area contributed by atoms with Gasteiger partial charge in [0.2, 0.25) is 0 Å². The standard InChI is InChI=1S/C30H54/c1-3-5-6-10-27-17-21-29(22-18-27)30-23-19-28(20-24-30)12-8-7-11-26-15-13-25(9-4-2)14-16-26/h4,9,25-30H,3,5-8,10-24H2,1-2H3/t25-,26-,27-,28-,29-,30-. The normalized spacial score (nSPS) is 35.7. The van der Waals surface area contributed by atoms with Gasteiger partial charge in [-0.15, -0.1) is 0 Å². The maximum Gasteiger partial charge on any atom is -0.0233 e. The van der Waals surface area contributed by atoms with E-state index in [1.165, 1.54) is 70.6 Å². The summed E-state index contributed by atoms with van der Waals surface area (Å²) < 4.78 is 0. The first-order chi connectivity index (χ1) is 14.8. The molecule has 0 aliphatic heterocycles. The molecule has 0 amide bonds. The van der Waals surface area contributed by atoms with E-state index in [4.69, 9.17) is 0 Å². The Labute approximate surface area is 190 Å². The lowest BCUT2D eigenvalue weighted by atomic mass is 9.68. The van der Waals surface area contributed by atoms with Gasteiger partial charge in [0.05, 0.1) is 0 Å². The highest BCUT2D eigenvalue weighted by atomic mass is 14.4. The van der Waals surface area contributed by atoms with E-state index in [1.807, 2.05) is 0 Å². The Bertz CT molecular complexity index is 439. The highest BCUT2D eigenvalue weighted by Gasteiger charge is 2.30. The van der Waals surface area contributed by atoms with Crippen molar-refractivity contribution >= 4 is 0 Å². The minimum Gasteiger partial charge on any atom is -0.0914 e. The van der Waals surface area contributed by atoms with Crippen LogP contribution in [0.3, 0.4) is 0 Å². The molecule has 0 radical (unpaired) electrons. The van der Waals surface area contributed by atoms with Crippen LogP contribution in [0.1, 0.15) is 142 Å². The Morgan fingerprint density at radius 2 is 0.933 bits per heavy atom. The quantitative estimate of drug-likeness (QED) is 0.233. The van der Waals surface area contributed by atoms with Crippen LogP contribution in [0.15, 0.2) is 12.2 Å². The van der Waals surface area contributed by atoms with Gasteiger partial charge in [0.1, 0.15) is 0 Å². The first kappa shape index (κ1) is 24.4. The van der Waals surface area contributed by atoms with Gasteiger partial charge in [0, 0.05) is 0 Å². The van der Waals surface area contributed by atoms with Gasteiger partial charge in [-0.1, -0.05) is 96.1 Å². The number of hydrogen-bond donors (Lipinski definition) is 0. The molecule has 0 N–H and O–H groups in total. The summed E-state index contributed by atoms with van der Waals surface area (Å²) in [6.45, 7) is 4.52. The lowest BCUT2D eigenvalue weighted by molar-refractivity contribution is 0.139. The summed E-state index contributed by atoms with van der Waals surface area (Å²) in [4.78, 5) is 0. The fourth-order valence-electron chi connectivity index (χ4n) is 7.39. The summed E-state index contributed by atoms with van der Waals surface area (Å²) in [6.07, 6.45) is 35.2.